The minimum atomic E-state index is -1.01. The van der Waals surface area contributed by atoms with Crippen LogP contribution < -0.4 is 10.6 Å². The fourth-order valence-electron chi connectivity index (χ4n) is 4.03. The number of allylic oxidation sites excluding steroid dienone is 1. The first kappa shape index (κ1) is 23.1. The first-order chi connectivity index (χ1) is 16.0. The van der Waals surface area contributed by atoms with Gasteiger partial charge < -0.3 is 15.7 Å². The average Bonchev–Trinajstić information content (AvgIpc) is 3.22. The maximum atomic E-state index is 12.5. The number of hydrogen-bond acceptors (Lipinski definition) is 5. The minimum absolute atomic E-state index is 0.118. The summed E-state index contributed by atoms with van der Waals surface area (Å²) in [6.45, 7) is 2.63. The van der Waals surface area contributed by atoms with Gasteiger partial charge in [-0.15, -0.1) is 11.3 Å². The van der Waals surface area contributed by atoms with Crippen LogP contribution in [0.2, 0.25) is 0 Å². The molecule has 0 radical (unpaired) electrons. The Hall–Kier alpha value is -3.03. The van der Waals surface area contributed by atoms with Crippen LogP contribution in [0, 0.1) is 6.92 Å². The van der Waals surface area contributed by atoms with E-state index < -0.39 is 12.0 Å². The number of aromatic nitrogens is 1. The van der Waals surface area contributed by atoms with E-state index in [4.69, 9.17) is 0 Å². The number of nitrogens with one attached hydrogen (secondary N) is 2. The van der Waals surface area contributed by atoms with E-state index >= 15 is 0 Å². The van der Waals surface area contributed by atoms with Crippen LogP contribution in [0.4, 0.5) is 5.69 Å². The van der Waals surface area contributed by atoms with Crippen LogP contribution in [-0.4, -0.2) is 34.6 Å². The highest BCUT2D eigenvalue weighted by atomic mass is 32.1. The third kappa shape index (κ3) is 6.27. The predicted molar refractivity (Wildman–Crippen MR) is 134 cm³/mol. The lowest BCUT2D eigenvalue weighted by molar-refractivity contribution is -0.141. The Labute approximate surface area is 197 Å². The molecule has 172 valence electrons. The first-order valence-electron chi connectivity index (χ1n) is 11.4. The zero-order valence-corrected chi connectivity index (χ0v) is 19.6. The van der Waals surface area contributed by atoms with Crippen molar-refractivity contribution in [1.29, 1.82) is 0 Å². The summed E-state index contributed by atoms with van der Waals surface area (Å²) in [6.07, 6.45) is 7.60. The third-order valence-corrected chi connectivity index (χ3v) is 6.94. The number of amides is 1. The van der Waals surface area contributed by atoms with Gasteiger partial charge in [-0.25, -0.2) is 4.98 Å². The molecule has 0 bridgehead atoms. The lowest BCUT2D eigenvalue weighted by Gasteiger charge is -2.17. The molecule has 1 aliphatic carbocycles. The summed E-state index contributed by atoms with van der Waals surface area (Å²) >= 11 is 1.64. The number of carboxylic acids is 1. The molecule has 1 aromatic heterocycles. The van der Waals surface area contributed by atoms with Crippen LogP contribution in [-0.2, 0) is 9.59 Å². The van der Waals surface area contributed by atoms with E-state index in [-0.39, 0.29) is 12.3 Å². The van der Waals surface area contributed by atoms with Gasteiger partial charge in [0, 0.05) is 11.3 Å². The number of carbonyl (C=O) groups excluding carboxylic acids is 1. The monoisotopic (exact) mass is 463 g/mol. The van der Waals surface area contributed by atoms with Crippen molar-refractivity contribution in [3.8, 4) is 10.6 Å². The Balaban J connectivity index is 1.32. The molecule has 4 rings (SSSR count). The van der Waals surface area contributed by atoms with Crippen molar-refractivity contribution in [1.82, 2.24) is 10.3 Å². The second-order valence-electron chi connectivity index (χ2n) is 8.52. The van der Waals surface area contributed by atoms with E-state index in [1.54, 1.807) is 11.3 Å². The molecule has 3 N–H and O–H groups in total. The molecular weight excluding hydrogens is 434 g/mol. The molecule has 0 saturated heterocycles. The molecule has 33 heavy (non-hydrogen) atoms. The van der Waals surface area contributed by atoms with Gasteiger partial charge in [0.05, 0.1) is 16.6 Å². The van der Waals surface area contributed by atoms with Crippen molar-refractivity contribution in [2.24, 2.45) is 0 Å². The predicted octanol–water partition coefficient (Wildman–Crippen LogP) is 5.53. The highest BCUT2D eigenvalue weighted by Crippen LogP contribution is 2.31. The van der Waals surface area contributed by atoms with Crippen molar-refractivity contribution in [3.63, 3.8) is 0 Å². The number of benzene rings is 2. The summed E-state index contributed by atoms with van der Waals surface area (Å²) in [5.74, 6) is -1.33. The van der Waals surface area contributed by atoms with Gasteiger partial charge in [-0.2, -0.15) is 0 Å². The molecule has 1 atom stereocenters. The van der Waals surface area contributed by atoms with E-state index in [1.807, 2.05) is 30.3 Å². The number of rotatable bonds is 9. The van der Waals surface area contributed by atoms with Gasteiger partial charge in [-0.05, 0) is 87.5 Å². The Morgan fingerprint density at radius 2 is 1.97 bits per heavy atom. The van der Waals surface area contributed by atoms with Crippen molar-refractivity contribution in [3.05, 3.63) is 59.7 Å². The largest absolute Gasteiger partial charge is 0.480 e. The van der Waals surface area contributed by atoms with E-state index in [2.05, 4.69) is 40.8 Å². The van der Waals surface area contributed by atoms with Crippen LogP contribution in [0.5, 0.6) is 0 Å². The summed E-state index contributed by atoms with van der Waals surface area (Å²) in [5, 5.41) is 16.3. The number of aliphatic carboxylic acids is 1. The van der Waals surface area contributed by atoms with Gasteiger partial charge in [0.1, 0.15) is 11.0 Å². The highest BCUT2D eigenvalue weighted by molar-refractivity contribution is 7.21. The van der Waals surface area contributed by atoms with E-state index in [9.17, 15) is 14.7 Å². The lowest BCUT2D eigenvalue weighted by atomic mass is 9.97. The van der Waals surface area contributed by atoms with E-state index in [0.29, 0.717) is 12.2 Å². The standard InChI is InChI=1S/C26H29N3O3S/c1-17-7-12-21-23(15-17)33-25(29-21)19-8-10-20(11-9-19)28-24(30)16-22(26(31)32)27-14-13-18-5-3-2-4-6-18/h5,7-12,15,22,27H,2-4,6,13-14,16H2,1H3,(H,28,30)(H,31,32). The summed E-state index contributed by atoms with van der Waals surface area (Å²) in [5.41, 5.74) is 5.18. The molecule has 7 heteroatoms. The molecular formula is C26H29N3O3S. The SMILES string of the molecule is Cc1ccc2nc(-c3ccc(NC(=O)CC(NCCC4=CCCCC4)C(=O)O)cc3)sc2c1. The molecule has 6 nitrogen and oxygen atoms in total. The van der Waals surface area contributed by atoms with Crippen molar-refractivity contribution in [2.75, 3.05) is 11.9 Å². The van der Waals surface area contributed by atoms with Crippen LogP contribution in [0.25, 0.3) is 20.8 Å². The van der Waals surface area contributed by atoms with Crippen molar-refractivity contribution < 1.29 is 14.7 Å². The number of thiazole rings is 1. The number of nitrogens with zero attached hydrogens (tertiary/aromatic N) is 1. The van der Waals surface area contributed by atoms with Crippen molar-refractivity contribution in [2.45, 2.75) is 51.5 Å². The maximum Gasteiger partial charge on any atom is 0.321 e. The quantitative estimate of drug-likeness (QED) is 0.363. The van der Waals surface area contributed by atoms with Gasteiger partial charge in [0.15, 0.2) is 0 Å². The number of aryl methyl sites for hydroxylation is 1. The van der Waals surface area contributed by atoms with E-state index in [1.165, 1.54) is 24.0 Å². The normalized spacial score (nSPS) is 14.6. The summed E-state index contributed by atoms with van der Waals surface area (Å²) in [7, 11) is 0. The molecule has 1 heterocycles. The number of fused-ring (bicyclic) bond motifs is 1. The molecule has 1 aliphatic rings. The van der Waals surface area contributed by atoms with Crippen molar-refractivity contribution >= 4 is 39.1 Å². The lowest BCUT2D eigenvalue weighted by Crippen LogP contribution is -2.40. The Bertz CT molecular complexity index is 1170. The second-order valence-corrected chi connectivity index (χ2v) is 9.55. The van der Waals surface area contributed by atoms with Gasteiger partial charge in [0.25, 0.3) is 0 Å². The Kier molecular flexibility index (Phi) is 7.52. The van der Waals surface area contributed by atoms with Crippen LogP contribution in [0.15, 0.2) is 54.1 Å². The fraction of sp³-hybridized carbons (Fsp3) is 0.346. The highest BCUT2D eigenvalue weighted by Gasteiger charge is 2.21. The molecule has 1 unspecified atom stereocenters. The molecule has 0 spiro atoms. The summed E-state index contributed by atoms with van der Waals surface area (Å²) in [4.78, 5) is 28.8. The summed E-state index contributed by atoms with van der Waals surface area (Å²) < 4.78 is 1.15. The number of carbonyl (C=O) groups is 2. The average molecular weight is 464 g/mol. The Morgan fingerprint density at radius 3 is 2.70 bits per heavy atom. The van der Waals surface area contributed by atoms with Crippen LogP contribution in [0.3, 0.4) is 0 Å². The molecule has 2 aromatic carbocycles. The molecule has 3 aromatic rings. The van der Waals surface area contributed by atoms with Crippen LogP contribution in [0.1, 0.15) is 44.1 Å². The summed E-state index contributed by atoms with van der Waals surface area (Å²) in [6, 6.07) is 12.8. The van der Waals surface area contributed by atoms with E-state index in [0.717, 1.165) is 40.1 Å². The van der Waals surface area contributed by atoms with Gasteiger partial charge >= 0.3 is 5.97 Å². The minimum Gasteiger partial charge on any atom is -0.480 e. The zero-order chi connectivity index (χ0) is 23.2. The fourth-order valence-corrected chi connectivity index (χ4v) is 5.10. The molecule has 0 saturated carbocycles. The number of carboxylic acid groups (broad SMARTS) is 1. The number of anilines is 1. The van der Waals surface area contributed by atoms with Gasteiger partial charge in [0.2, 0.25) is 5.91 Å². The molecule has 1 amide bonds. The maximum absolute atomic E-state index is 12.5. The molecule has 0 aliphatic heterocycles. The smallest absolute Gasteiger partial charge is 0.321 e. The second kappa shape index (κ2) is 10.7. The third-order valence-electron chi connectivity index (χ3n) is 5.87. The topological polar surface area (TPSA) is 91.3 Å². The van der Waals surface area contributed by atoms with Gasteiger partial charge in [-0.3, -0.25) is 9.59 Å². The Morgan fingerprint density at radius 1 is 1.15 bits per heavy atom. The molecule has 0 fully saturated rings. The zero-order valence-electron chi connectivity index (χ0n) is 18.8. The first-order valence-corrected chi connectivity index (χ1v) is 12.2. The van der Waals surface area contributed by atoms with Crippen LogP contribution >= 0.6 is 11.3 Å². The van der Waals surface area contributed by atoms with Gasteiger partial charge in [-0.1, -0.05) is 17.7 Å². The number of hydrogen-bond donors (Lipinski definition) is 3.